The van der Waals surface area contributed by atoms with Crippen LogP contribution in [0.2, 0.25) is 10.0 Å². The van der Waals surface area contributed by atoms with Crippen LogP contribution in [0, 0.1) is 11.3 Å². The van der Waals surface area contributed by atoms with E-state index < -0.39 is 0 Å². The zero-order valence-electron chi connectivity index (χ0n) is 21.6. The van der Waals surface area contributed by atoms with E-state index >= 15 is 0 Å². The number of aromatic nitrogens is 3. The predicted molar refractivity (Wildman–Crippen MR) is 148 cm³/mol. The molecule has 0 aliphatic carbocycles. The van der Waals surface area contributed by atoms with Crippen molar-refractivity contribution in [2.75, 3.05) is 7.11 Å². The van der Waals surface area contributed by atoms with E-state index in [1.54, 1.807) is 25.3 Å². The third kappa shape index (κ3) is 7.89. The van der Waals surface area contributed by atoms with E-state index in [2.05, 4.69) is 43.2 Å². The quantitative estimate of drug-likeness (QED) is 0.265. The highest BCUT2D eigenvalue weighted by atomic mass is 35.5. The van der Waals surface area contributed by atoms with E-state index in [-0.39, 0.29) is 23.3 Å². The summed E-state index contributed by atoms with van der Waals surface area (Å²) in [5.41, 5.74) is 1.92. The fraction of sp³-hybridized carbons (Fsp3) is 0.444. The molecule has 2 atom stereocenters. The number of methoxy groups -OCH3 is 1. The molecule has 1 aromatic heterocycles. The number of hydrogen-bond acceptors (Lipinski definition) is 5. The Morgan fingerprint density at radius 1 is 1.14 bits per heavy atom. The van der Waals surface area contributed by atoms with E-state index in [1.807, 2.05) is 35.8 Å². The number of ether oxygens (including phenoxy) is 1. The van der Waals surface area contributed by atoms with Crippen LogP contribution in [0.25, 0.3) is 5.69 Å². The van der Waals surface area contributed by atoms with Crippen LogP contribution in [-0.2, 0) is 10.5 Å². The summed E-state index contributed by atoms with van der Waals surface area (Å²) in [5.74, 6) is 2.29. The lowest BCUT2D eigenvalue weighted by atomic mass is 9.84. The minimum absolute atomic E-state index is 0.0171. The van der Waals surface area contributed by atoms with Crippen LogP contribution in [0.5, 0.6) is 5.75 Å². The van der Waals surface area contributed by atoms with Crippen molar-refractivity contribution in [3.05, 3.63) is 63.9 Å². The molecule has 3 aromatic rings. The summed E-state index contributed by atoms with van der Waals surface area (Å²) in [7, 11) is 1.65. The highest BCUT2D eigenvalue weighted by molar-refractivity contribution is 7.98. The number of thioether (sulfide) groups is 1. The molecular weight excluding hydrogens is 515 g/mol. The number of hydrogen-bond donors (Lipinski definition) is 1. The van der Waals surface area contributed by atoms with Gasteiger partial charge in [0, 0.05) is 17.2 Å². The van der Waals surface area contributed by atoms with Crippen LogP contribution >= 0.6 is 35.0 Å². The van der Waals surface area contributed by atoms with E-state index in [1.165, 1.54) is 11.8 Å². The highest BCUT2D eigenvalue weighted by Crippen LogP contribution is 2.33. The lowest BCUT2D eigenvalue weighted by Crippen LogP contribution is -2.30. The van der Waals surface area contributed by atoms with Crippen LogP contribution in [0.4, 0.5) is 0 Å². The Hall–Kier alpha value is -2.22. The average Bonchev–Trinajstić information content (AvgIpc) is 3.21. The van der Waals surface area contributed by atoms with Gasteiger partial charge in [0.15, 0.2) is 11.0 Å². The Balaban J connectivity index is 1.86. The van der Waals surface area contributed by atoms with Gasteiger partial charge >= 0.3 is 0 Å². The van der Waals surface area contributed by atoms with Gasteiger partial charge in [0.05, 0.1) is 23.9 Å². The lowest BCUT2D eigenvalue weighted by molar-refractivity contribution is -0.122. The molecule has 194 valence electrons. The number of rotatable bonds is 10. The van der Waals surface area contributed by atoms with Crippen LogP contribution in [0.3, 0.4) is 0 Å². The monoisotopic (exact) mass is 548 g/mol. The molecule has 1 amide bonds. The zero-order valence-corrected chi connectivity index (χ0v) is 24.0. The Kier molecular flexibility index (Phi) is 9.72. The van der Waals surface area contributed by atoms with Crippen molar-refractivity contribution < 1.29 is 9.53 Å². The van der Waals surface area contributed by atoms with Crippen molar-refractivity contribution in [1.82, 2.24) is 20.1 Å². The molecule has 1 heterocycles. The average molecular weight is 550 g/mol. The first kappa shape index (κ1) is 28.4. The molecule has 0 saturated heterocycles. The third-order valence-corrected chi connectivity index (χ3v) is 7.12. The van der Waals surface area contributed by atoms with Gasteiger partial charge in [-0.1, -0.05) is 74.8 Å². The molecule has 2 unspecified atom stereocenters. The van der Waals surface area contributed by atoms with Crippen molar-refractivity contribution in [1.29, 1.82) is 0 Å². The third-order valence-electron chi connectivity index (χ3n) is 5.57. The maximum Gasteiger partial charge on any atom is 0.220 e. The molecule has 0 aliphatic heterocycles. The second-order valence-corrected chi connectivity index (χ2v) is 12.1. The van der Waals surface area contributed by atoms with Gasteiger partial charge < -0.3 is 10.1 Å². The van der Waals surface area contributed by atoms with E-state index in [0.717, 1.165) is 17.7 Å². The van der Waals surface area contributed by atoms with E-state index in [4.69, 9.17) is 27.9 Å². The van der Waals surface area contributed by atoms with Crippen LogP contribution in [0.15, 0.2) is 47.6 Å². The maximum atomic E-state index is 12.8. The van der Waals surface area contributed by atoms with Gasteiger partial charge in [0.2, 0.25) is 5.91 Å². The van der Waals surface area contributed by atoms with Crippen molar-refractivity contribution >= 4 is 40.9 Å². The van der Waals surface area contributed by atoms with Crippen molar-refractivity contribution in [2.45, 2.75) is 64.4 Å². The first-order valence-corrected chi connectivity index (χ1v) is 13.7. The SMILES string of the molecule is COc1cccc(CSc2nnc(C(C)NC(=O)CC(C)CC(C)(C)C)n2-c2cc(Cl)ccc2Cl)c1. The van der Waals surface area contributed by atoms with Gasteiger partial charge in [-0.05, 0) is 60.6 Å². The number of nitrogens with zero attached hydrogens (tertiary/aromatic N) is 3. The second kappa shape index (κ2) is 12.3. The minimum atomic E-state index is -0.381. The molecule has 0 fully saturated rings. The maximum absolute atomic E-state index is 12.8. The van der Waals surface area contributed by atoms with Gasteiger partial charge in [0.1, 0.15) is 5.75 Å². The lowest BCUT2D eigenvalue weighted by Gasteiger charge is -2.23. The second-order valence-electron chi connectivity index (χ2n) is 10.3. The van der Waals surface area contributed by atoms with Crippen molar-refractivity contribution in [2.24, 2.45) is 11.3 Å². The molecule has 0 radical (unpaired) electrons. The molecule has 0 aliphatic rings. The summed E-state index contributed by atoms with van der Waals surface area (Å²) < 4.78 is 7.22. The van der Waals surface area contributed by atoms with E-state index in [9.17, 15) is 4.79 Å². The number of halogens is 2. The van der Waals surface area contributed by atoms with Crippen LogP contribution in [-0.4, -0.2) is 27.8 Å². The predicted octanol–water partition coefficient (Wildman–Crippen LogP) is 7.51. The fourth-order valence-corrected chi connectivity index (χ4v) is 5.51. The summed E-state index contributed by atoms with van der Waals surface area (Å²) in [6.45, 7) is 10.6. The zero-order chi connectivity index (χ0) is 26.5. The number of nitrogens with one attached hydrogen (secondary N) is 1. The molecule has 0 saturated carbocycles. The molecular formula is C27H34Cl2N4O2S. The smallest absolute Gasteiger partial charge is 0.220 e. The number of carbonyl (C=O) groups is 1. The van der Waals surface area contributed by atoms with E-state index in [0.29, 0.717) is 38.9 Å². The van der Waals surface area contributed by atoms with Gasteiger partial charge in [-0.25, -0.2) is 0 Å². The Morgan fingerprint density at radius 2 is 1.89 bits per heavy atom. The number of carbonyl (C=O) groups excluding carboxylic acids is 1. The number of benzene rings is 2. The fourth-order valence-electron chi connectivity index (χ4n) is 4.25. The largest absolute Gasteiger partial charge is 0.497 e. The molecule has 0 spiro atoms. The molecule has 6 nitrogen and oxygen atoms in total. The first-order valence-electron chi connectivity index (χ1n) is 11.9. The topological polar surface area (TPSA) is 69.0 Å². The van der Waals surface area contributed by atoms with Crippen molar-refractivity contribution in [3.63, 3.8) is 0 Å². The van der Waals surface area contributed by atoms with Gasteiger partial charge in [-0.15, -0.1) is 10.2 Å². The van der Waals surface area contributed by atoms with Gasteiger partial charge in [-0.2, -0.15) is 0 Å². The summed E-state index contributed by atoms with van der Waals surface area (Å²) in [4.78, 5) is 12.8. The Morgan fingerprint density at radius 3 is 2.58 bits per heavy atom. The minimum Gasteiger partial charge on any atom is -0.497 e. The molecule has 0 bridgehead atoms. The normalized spacial score (nSPS) is 13.3. The molecule has 1 N–H and O–H groups in total. The molecule has 9 heteroatoms. The first-order chi connectivity index (χ1) is 17.0. The standard InChI is InChI=1S/C27H34Cl2N4O2S/c1-17(15-27(3,4)5)12-24(34)30-18(2)25-31-32-26(33(25)23-14-20(28)10-11-22(23)29)36-16-19-8-7-9-21(13-19)35-6/h7-11,13-14,17-18H,12,15-16H2,1-6H3,(H,30,34). The van der Waals surface area contributed by atoms with Gasteiger partial charge in [0.25, 0.3) is 0 Å². The summed E-state index contributed by atoms with van der Waals surface area (Å²) in [5, 5.41) is 13.7. The Labute approximate surface area is 228 Å². The summed E-state index contributed by atoms with van der Waals surface area (Å²) in [6, 6.07) is 12.8. The summed E-state index contributed by atoms with van der Waals surface area (Å²) >= 11 is 14.4. The molecule has 36 heavy (non-hydrogen) atoms. The van der Waals surface area contributed by atoms with Crippen LogP contribution < -0.4 is 10.1 Å². The highest BCUT2D eigenvalue weighted by Gasteiger charge is 2.24. The Bertz CT molecular complexity index is 1190. The molecule has 2 aromatic carbocycles. The summed E-state index contributed by atoms with van der Waals surface area (Å²) in [6.07, 6.45) is 1.42. The molecule has 3 rings (SSSR count). The van der Waals surface area contributed by atoms with Crippen molar-refractivity contribution in [3.8, 4) is 11.4 Å². The van der Waals surface area contributed by atoms with Crippen LogP contribution in [0.1, 0.15) is 64.9 Å². The number of amides is 1. The van der Waals surface area contributed by atoms with Gasteiger partial charge in [-0.3, -0.25) is 9.36 Å².